The lowest BCUT2D eigenvalue weighted by atomic mass is 9.99. The Morgan fingerprint density at radius 1 is 1.06 bits per heavy atom. The van der Waals surface area contributed by atoms with Crippen molar-refractivity contribution in [3.63, 3.8) is 0 Å². The highest BCUT2D eigenvalue weighted by Crippen LogP contribution is 2.47. The molecule has 3 aromatic carbocycles. The Morgan fingerprint density at radius 3 is 2.68 bits per heavy atom. The number of ether oxygens (including phenoxy) is 2. The van der Waals surface area contributed by atoms with Gasteiger partial charge in [0.1, 0.15) is 6.04 Å². The maximum absolute atomic E-state index is 13.5. The van der Waals surface area contributed by atoms with Crippen molar-refractivity contribution in [1.29, 1.82) is 0 Å². The van der Waals surface area contributed by atoms with Crippen molar-refractivity contribution in [3.8, 4) is 22.6 Å². The van der Waals surface area contributed by atoms with E-state index in [4.69, 9.17) is 4.74 Å². The van der Waals surface area contributed by atoms with Gasteiger partial charge in [0, 0.05) is 23.7 Å². The van der Waals surface area contributed by atoms with E-state index in [1.165, 1.54) is 6.07 Å². The normalized spacial score (nSPS) is 22.8. The first-order chi connectivity index (χ1) is 14.9. The van der Waals surface area contributed by atoms with E-state index < -0.39 is 12.3 Å². The molecule has 3 aliphatic heterocycles. The van der Waals surface area contributed by atoms with Crippen molar-refractivity contribution >= 4 is 22.6 Å². The molecule has 3 aromatic rings. The fourth-order valence-corrected chi connectivity index (χ4v) is 4.62. The predicted molar refractivity (Wildman–Crippen MR) is 107 cm³/mol. The zero-order valence-electron chi connectivity index (χ0n) is 16.1. The van der Waals surface area contributed by atoms with Gasteiger partial charge in [-0.15, -0.1) is 8.78 Å². The third-order valence-electron chi connectivity index (χ3n) is 6.04. The Labute approximate surface area is 175 Å². The van der Waals surface area contributed by atoms with Gasteiger partial charge in [-0.1, -0.05) is 30.3 Å². The number of piperazine rings is 1. The fourth-order valence-electron chi connectivity index (χ4n) is 4.62. The predicted octanol–water partition coefficient (Wildman–Crippen LogP) is 3.54. The van der Waals surface area contributed by atoms with Crippen LogP contribution in [0.3, 0.4) is 0 Å². The number of amides is 2. The molecule has 0 aliphatic carbocycles. The summed E-state index contributed by atoms with van der Waals surface area (Å²) in [4.78, 5) is 26.5. The molecule has 0 unspecified atom stereocenters. The van der Waals surface area contributed by atoms with Crippen LogP contribution in [0.25, 0.3) is 21.9 Å². The third-order valence-corrected chi connectivity index (χ3v) is 6.04. The molecule has 3 aliphatic rings. The molecule has 0 saturated carbocycles. The number of nitrogens with one attached hydrogen (secondary N) is 1. The van der Waals surface area contributed by atoms with Crippen LogP contribution in [0.15, 0.2) is 54.6 Å². The Kier molecular flexibility index (Phi) is 3.60. The minimum Gasteiger partial charge on any atom is -0.395 e. The van der Waals surface area contributed by atoms with Crippen molar-refractivity contribution in [2.45, 2.75) is 24.8 Å². The topological polar surface area (TPSA) is 67.9 Å². The number of para-hydroxylation sites is 1. The molecule has 0 aromatic heterocycles. The van der Waals surface area contributed by atoms with E-state index in [1.54, 1.807) is 35.2 Å². The Balaban J connectivity index is 1.33. The Morgan fingerprint density at radius 2 is 1.87 bits per heavy atom. The molecule has 1 N–H and O–H groups in total. The van der Waals surface area contributed by atoms with Crippen LogP contribution in [0.4, 0.5) is 8.78 Å². The second-order valence-corrected chi connectivity index (χ2v) is 7.99. The number of carbonyl (C=O) groups is 2. The number of likely N-dealkylation sites (tertiary alicyclic amines) is 1. The first-order valence-corrected chi connectivity index (χ1v) is 9.92. The van der Waals surface area contributed by atoms with Gasteiger partial charge in [0.25, 0.3) is 5.91 Å². The summed E-state index contributed by atoms with van der Waals surface area (Å²) in [5.74, 6) is -0.266. The number of halogens is 2. The molecule has 2 bridgehead atoms. The molecule has 0 spiro atoms. The standard InChI is InChI=1S/C23H16F2N2O4/c24-23(25)30-19-3-1-2-17(20(19)31-23)14-6-4-13-9-15(7-5-12(13)8-14)22(29)27-11-16-10-18(27)21(28)26-16/h1-9,16,18H,10-11H2,(H,26,28)/t16-,18-/m0/s1. The van der Waals surface area contributed by atoms with Crippen LogP contribution in [0, 0.1) is 0 Å². The van der Waals surface area contributed by atoms with Gasteiger partial charge < -0.3 is 19.7 Å². The molecule has 2 atom stereocenters. The quantitative estimate of drug-likeness (QED) is 0.686. The zero-order valence-corrected chi connectivity index (χ0v) is 16.1. The summed E-state index contributed by atoms with van der Waals surface area (Å²) in [5, 5.41) is 4.54. The maximum Gasteiger partial charge on any atom is 0.586 e. The van der Waals surface area contributed by atoms with Gasteiger partial charge in [-0.25, -0.2) is 0 Å². The molecule has 2 amide bonds. The minimum atomic E-state index is -3.68. The van der Waals surface area contributed by atoms with E-state index in [0.29, 0.717) is 29.7 Å². The van der Waals surface area contributed by atoms with Gasteiger partial charge in [-0.05, 0) is 47.0 Å². The van der Waals surface area contributed by atoms with Gasteiger partial charge in [-0.2, -0.15) is 0 Å². The second-order valence-electron chi connectivity index (χ2n) is 7.99. The van der Waals surface area contributed by atoms with Crippen LogP contribution < -0.4 is 14.8 Å². The largest absolute Gasteiger partial charge is 0.586 e. The van der Waals surface area contributed by atoms with Gasteiger partial charge >= 0.3 is 6.29 Å². The van der Waals surface area contributed by atoms with Crippen LogP contribution in [-0.2, 0) is 4.79 Å². The van der Waals surface area contributed by atoms with Gasteiger partial charge in [0.15, 0.2) is 11.5 Å². The summed E-state index contributed by atoms with van der Waals surface area (Å²) in [6.07, 6.45) is -3.02. The molecular weight excluding hydrogens is 406 g/mol. The highest BCUT2D eigenvalue weighted by atomic mass is 19.3. The van der Waals surface area contributed by atoms with E-state index in [1.807, 2.05) is 18.2 Å². The fraction of sp³-hybridized carbons (Fsp3) is 0.217. The average Bonchev–Trinajstić information content (AvgIpc) is 3.42. The van der Waals surface area contributed by atoms with E-state index in [0.717, 1.165) is 10.8 Å². The molecule has 2 fully saturated rings. The second kappa shape index (κ2) is 6.16. The van der Waals surface area contributed by atoms with Crippen LogP contribution >= 0.6 is 0 Å². The van der Waals surface area contributed by atoms with Crippen molar-refractivity contribution in [2.24, 2.45) is 0 Å². The van der Waals surface area contributed by atoms with Crippen LogP contribution in [-0.4, -0.2) is 41.6 Å². The number of carbonyl (C=O) groups excluding carboxylic acids is 2. The number of nitrogens with zero attached hydrogens (tertiary/aromatic N) is 1. The number of hydrogen-bond donors (Lipinski definition) is 1. The summed E-state index contributed by atoms with van der Waals surface area (Å²) < 4.78 is 36.2. The monoisotopic (exact) mass is 422 g/mol. The Hall–Kier alpha value is -3.68. The summed E-state index contributed by atoms with van der Waals surface area (Å²) in [6.45, 7) is 0.526. The van der Waals surface area contributed by atoms with Gasteiger partial charge in [0.05, 0.1) is 0 Å². The molecule has 3 heterocycles. The van der Waals surface area contributed by atoms with Gasteiger partial charge in [0.2, 0.25) is 5.91 Å². The number of hydrogen-bond acceptors (Lipinski definition) is 4. The van der Waals surface area contributed by atoms with E-state index in [2.05, 4.69) is 10.1 Å². The Bertz CT molecular complexity index is 1280. The molecule has 156 valence electrons. The first-order valence-electron chi connectivity index (χ1n) is 9.92. The number of fused-ring (bicyclic) bond motifs is 4. The van der Waals surface area contributed by atoms with Crippen molar-refractivity contribution in [2.75, 3.05) is 6.54 Å². The smallest absolute Gasteiger partial charge is 0.395 e. The lowest BCUT2D eigenvalue weighted by Gasteiger charge is -2.26. The minimum absolute atomic E-state index is 0.000936. The van der Waals surface area contributed by atoms with Crippen molar-refractivity contribution in [3.05, 3.63) is 60.2 Å². The zero-order chi connectivity index (χ0) is 21.3. The highest BCUT2D eigenvalue weighted by Gasteiger charge is 2.46. The molecule has 2 saturated heterocycles. The van der Waals surface area contributed by atoms with Crippen LogP contribution in [0.2, 0.25) is 0 Å². The first kappa shape index (κ1) is 18.1. The van der Waals surface area contributed by atoms with Crippen LogP contribution in [0.5, 0.6) is 11.5 Å². The summed E-state index contributed by atoms with van der Waals surface area (Å²) >= 11 is 0. The lowest BCUT2D eigenvalue weighted by molar-refractivity contribution is -0.286. The maximum atomic E-state index is 13.5. The molecule has 8 heteroatoms. The average molecular weight is 422 g/mol. The van der Waals surface area contributed by atoms with E-state index >= 15 is 0 Å². The van der Waals surface area contributed by atoms with E-state index in [-0.39, 0.29) is 29.4 Å². The number of benzene rings is 3. The van der Waals surface area contributed by atoms with Crippen LogP contribution in [0.1, 0.15) is 16.8 Å². The van der Waals surface area contributed by atoms with E-state index in [9.17, 15) is 18.4 Å². The van der Waals surface area contributed by atoms with Gasteiger partial charge in [-0.3, -0.25) is 9.59 Å². The highest BCUT2D eigenvalue weighted by molar-refractivity contribution is 6.02. The number of rotatable bonds is 2. The molecular formula is C23H16F2N2O4. The van der Waals surface area contributed by atoms with Crippen molar-refractivity contribution < 1.29 is 27.8 Å². The molecule has 6 rings (SSSR count). The molecule has 0 radical (unpaired) electrons. The summed E-state index contributed by atoms with van der Waals surface area (Å²) in [7, 11) is 0. The van der Waals surface area contributed by atoms with Crippen molar-refractivity contribution in [1.82, 2.24) is 10.2 Å². The molecule has 6 nitrogen and oxygen atoms in total. The lowest BCUT2D eigenvalue weighted by Crippen LogP contribution is -2.50. The summed E-state index contributed by atoms with van der Waals surface area (Å²) in [6, 6.07) is 15.2. The SMILES string of the molecule is O=C1N[C@H]2C[C@@H]1N(C(=O)c1ccc3cc(-c4cccc5c4OC(F)(F)O5)ccc3c1)C2. The number of alkyl halides is 2. The third kappa shape index (κ3) is 2.82. The molecule has 31 heavy (non-hydrogen) atoms. The summed E-state index contributed by atoms with van der Waals surface area (Å²) in [5.41, 5.74) is 1.70.